The van der Waals surface area contributed by atoms with Crippen LogP contribution in [-0.4, -0.2) is 4.98 Å². The second-order valence-electron chi connectivity index (χ2n) is 2.92. The molecular formula is C9H8N2S. The monoisotopic (exact) mass is 176 g/mol. The van der Waals surface area contributed by atoms with Gasteiger partial charge >= 0.3 is 0 Å². The van der Waals surface area contributed by atoms with Gasteiger partial charge in [-0.2, -0.15) is 5.26 Å². The lowest BCUT2D eigenvalue weighted by atomic mass is 9.97. The van der Waals surface area contributed by atoms with Crippen LogP contribution >= 0.6 is 11.3 Å². The van der Waals surface area contributed by atoms with E-state index in [2.05, 4.69) is 17.0 Å². The summed E-state index contributed by atoms with van der Waals surface area (Å²) < 4.78 is 0. The summed E-state index contributed by atoms with van der Waals surface area (Å²) in [4.78, 5) is 4.13. The minimum absolute atomic E-state index is 0.528. The molecule has 0 spiro atoms. The molecule has 12 heavy (non-hydrogen) atoms. The first-order chi connectivity index (χ1) is 5.60. The zero-order valence-electron chi connectivity index (χ0n) is 6.96. The van der Waals surface area contributed by atoms with E-state index in [0.29, 0.717) is 5.69 Å². The average Bonchev–Trinajstić information content (AvgIpc) is 2.52. The quantitative estimate of drug-likeness (QED) is 0.613. The van der Waals surface area contributed by atoms with Crippen molar-refractivity contribution in [2.75, 3.05) is 0 Å². The Balaban J connectivity index is 3.08. The van der Waals surface area contributed by atoms with Crippen molar-refractivity contribution in [3.8, 4) is 18.4 Å². The highest BCUT2D eigenvalue weighted by molar-refractivity contribution is 7.09. The van der Waals surface area contributed by atoms with Gasteiger partial charge in [-0.05, 0) is 19.8 Å². The van der Waals surface area contributed by atoms with E-state index < -0.39 is 5.41 Å². The number of terminal acetylenes is 1. The Hall–Kier alpha value is -1.32. The maximum Gasteiger partial charge on any atom is 0.124 e. The minimum atomic E-state index is -0.528. The van der Waals surface area contributed by atoms with Crippen LogP contribution < -0.4 is 0 Å². The summed E-state index contributed by atoms with van der Waals surface area (Å²) in [5.41, 5.74) is 0.0816. The van der Waals surface area contributed by atoms with Gasteiger partial charge in [-0.25, -0.2) is 4.98 Å². The lowest BCUT2D eigenvalue weighted by Gasteiger charge is -2.09. The summed E-state index contributed by atoms with van der Waals surface area (Å²) in [5.74, 6) is 2.43. The van der Waals surface area contributed by atoms with Gasteiger partial charge in [0.15, 0.2) is 0 Å². The predicted molar refractivity (Wildman–Crippen MR) is 48.7 cm³/mol. The topological polar surface area (TPSA) is 36.7 Å². The van der Waals surface area contributed by atoms with Crippen LogP contribution in [0.25, 0.3) is 0 Å². The zero-order chi connectivity index (χ0) is 9.19. The molecule has 1 heterocycles. The van der Waals surface area contributed by atoms with E-state index in [1.807, 2.05) is 13.8 Å². The number of nitriles is 1. The molecular weight excluding hydrogens is 168 g/mol. The summed E-state index contributed by atoms with van der Waals surface area (Å²) in [6, 6.07) is 2.17. The highest BCUT2D eigenvalue weighted by atomic mass is 32.1. The van der Waals surface area contributed by atoms with Crippen molar-refractivity contribution >= 4 is 11.3 Å². The Labute approximate surface area is 75.9 Å². The number of rotatable bonds is 1. The third kappa shape index (κ3) is 1.47. The first-order valence-corrected chi connectivity index (χ1v) is 4.32. The van der Waals surface area contributed by atoms with Gasteiger partial charge in [-0.1, -0.05) is 0 Å². The van der Waals surface area contributed by atoms with E-state index in [9.17, 15) is 0 Å². The van der Waals surface area contributed by atoms with E-state index in [0.717, 1.165) is 5.01 Å². The van der Waals surface area contributed by atoms with Crippen molar-refractivity contribution in [1.82, 2.24) is 4.98 Å². The molecule has 2 nitrogen and oxygen atoms in total. The molecule has 0 N–H and O–H groups in total. The lowest BCUT2D eigenvalue weighted by molar-refractivity contribution is 0.679. The van der Waals surface area contributed by atoms with Crippen molar-refractivity contribution in [2.24, 2.45) is 0 Å². The van der Waals surface area contributed by atoms with Gasteiger partial charge in [0.2, 0.25) is 0 Å². The van der Waals surface area contributed by atoms with Gasteiger partial charge in [-0.15, -0.1) is 17.8 Å². The summed E-state index contributed by atoms with van der Waals surface area (Å²) in [6.07, 6.45) is 5.16. The van der Waals surface area contributed by atoms with Gasteiger partial charge in [0, 0.05) is 5.38 Å². The molecule has 0 aliphatic heterocycles. The van der Waals surface area contributed by atoms with Crippen LogP contribution in [0.3, 0.4) is 0 Å². The fraction of sp³-hybridized carbons (Fsp3) is 0.333. The van der Waals surface area contributed by atoms with Crippen LogP contribution in [0.15, 0.2) is 5.38 Å². The van der Waals surface area contributed by atoms with Crippen LogP contribution in [0.1, 0.15) is 24.5 Å². The predicted octanol–water partition coefficient (Wildman–Crippen LogP) is 1.93. The molecule has 0 bridgehead atoms. The molecule has 0 fully saturated rings. The number of thiazole rings is 1. The maximum atomic E-state index is 8.79. The maximum absolute atomic E-state index is 8.79. The fourth-order valence-corrected chi connectivity index (χ4v) is 1.51. The smallest absolute Gasteiger partial charge is 0.124 e. The van der Waals surface area contributed by atoms with Gasteiger partial charge in [-0.3, -0.25) is 0 Å². The van der Waals surface area contributed by atoms with Crippen LogP contribution in [-0.2, 0) is 5.41 Å². The van der Waals surface area contributed by atoms with Crippen LogP contribution in [0, 0.1) is 23.7 Å². The molecule has 3 heteroatoms. The summed E-state index contributed by atoms with van der Waals surface area (Å²) in [7, 11) is 0. The molecule has 60 valence electrons. The third-order valence-corrected chi connectivity index (χ3v) is 2.63. The van der Waals surface area contributed by atoms with E-state index >= 15 is 0 Å². The van der Waals surface area contributed by atoms with Gasteiger partial charge in [0.1, 0.15) is 16.1 Å². The molecule has 0 radical (unpaired) electrons. The fourth-order valence-electron chi connectivity index (χ4n) is 0.675. The first-order valence-electron chi connectivity index (χ1n) is 3.44. The molecule has 0 aliphatic rings. The van der Waals surface area contributed by atoms with Crippen LogP contribution in [0.4, 0.5) is 0 Å². The third-order valence-electron chi connectivity index (χ3n) is 1.47. The number of hydrogen-bond acceptors (Lipinski definition) is 3. The number of nitrogens with zero attached hydrogens (tertiary/aromatic N) is 2. The van der Waals surface area contributed by atoms with Crippen molar-refractivity contribution in [3.05, 3.63) is 16.1 Å². The van der Waals surface area contributed by atoms with Gasteiger partial charge in [0.25, 0.3) is 0 Å². The van der Waals surface area contributed by atoms with Gasteiger partial charge < -0.3 is 0 Å². The van der Waals surface area contributed by atoms with Crippen molar-refractivity contribution < 1.29 is 0 Å². The number of aromatic nitrogens is 1. The Morgan fingerprint density at radius 1 is 1.67 bits per heavy atom. The Morgan fingerprint density at radius 2 is 2.33 bits per heavy atom. The highest BCUT2D eigenvalue weighted by Gasteiger charge is 2.23. The highest BCUT2D eigenvalue weighted by Crippen LogP contribution is 2.25. The van der Waals surface area contributed by atoms with Crippen molar-refractivity contribution in [3.63, 3.8) is 0 Å². The standard InChI is InChI=1S/C9H8N2S/c1-4-7-5-12-8(11-7)9(2,3)6-10/h1,5H,2-3H3. The largest absolute Gasteiger partial charge is 0.231 e. The molecule has 1 rings (SSSR count). The second kappa shape index (κ2) is 2.97. The van der Waals surface area contributed by atoms with Crippen molar-refractivity contribution in [1.29, 1.82) is 5.26 Å². The summed E-state index contributed by atoms with van der Waals surface area (Å²) in [6.45, 7) is 3.65. The minimum Gasteiger partial charge on any atom is -0.231 e. The average molecular weight is 176 g/mol. The normalized spacial score (nSPS) is 10.3. The van der Waals surface area contributed by atoms with E-state index in [-0.39, 0.29) is 0 Å². The van der Waals surface area contributed by atoms with Crippen molar-refractivity contribution in [2.45, 2.75) is 19.3 Å². The Bertz CT molecular complexity index is 363. The molecule has 0 aliphatic carbocycles. The lowest BCUT2D eigenvalue weighted by Crippen LogP contribution is -2.13. The molecule has 0 atom stereocenters. The second-order valence-corrected chi connectivity index (χ2v) is 3.78. The van der Waals surface area contributed by atoms with E-state index in [4.69, 9.17) is 11.7 Å². The molecule has 0 saturated carbocycles. The Kier molecular flexibility index (Phi) is 2.17. The van der Waals surface area contributed by atoms with Crippen LogP contribution in [0.2, 0.25) is 0 Å². The Morgan fingerprint density at radius 3 is 2.75 bits per heavy atom. The molecule has 0 unspecified atom stereocenters. The molecule has 0 amide bonds. The number of hydrogen-bond donors (Lipinski definition) is 0. The summed E-state index contributed by atoms with van der Waals surface area (Å²) >= 11 is 1.43. The molecule has 1 aromatic rings. The molecule has 0 saturated heterocycles. The summed E-state index contributed by atoms with van der Waals surface area (Å²) in [5, 5.41) is 11.4. The first kappa shape index (κ1) is 8.77. The SMILES string of the molecule is C#Cc1csc(C(C)(C)C#N)n1. The van der Waals surface area contributed by atoms with Crippen LogP contribution in [0.5, 0.6) is 0 Å². The van der Waals surface area contributed by atoms with E-state index in [1.165, 1.54) is 11.3 Å². The van der Waals surface area contributed by atoms with E-state index in [1.54, 1.807) is 5.38 Å². The zero-order valence-corrected chi connectivity index (χ0v) is 7.77. The molecule has 0 aromatic carbocycles. The molecule has 1 aromatic heterocycles. The van der Waals surface area contributed by atoms with Gasteiger partial charge in [0.05, 0.1) is 6.07 Å².